The van der Waals surface area contributed by atoms with Crippen molar-refractivity contribution in [3.8, 4) is 11.3 Å². The van der Waals surface area contributed by atoms with Crippen molar-refractivity contribution >= 4 is 28.2 Å². The summed E-state index contributed by atoms with van der Waals surface area (Å²) in [5.74, 6) is -0.328. The zero-order valence-electron chi connectivity index (χ0n) is 17.9. The Hall–Kier alpha value is -3.91. The highest BCUT2D eigenvalue weighted by Crippen LogP contribution is 2.25. The van der Waals surface area contributed by atoms with Crippen LogP contribution in [-0.4, -0.2) is 40.0 Å². The van der Waals surface area contributed by atoms with E-state index in [-0.39, 0.29) is 11.7 Å². The summed E-state index contributed by atoms with van der Waals surface area (Å²) in [5, 5.41) is 11.4. The van der Waals surface area contributed by atoms with Gasteiger partial charge in [0.25, 0.3) is 5.91 Å². The van der Waals surface area contributed by atoms with E-state index in [1.54, 1.807) is 24.7 Å². The second kappa shape index (κ2) is 9.30. The zero-order valence-corrected chi connectivity index (χ0v) is 17.9. The summed E-state index contributed by atoms with van der Waals surface area (Å²) in [6, 6.07) is 11.6. The molecule has 0 radical (unpaired) electrons. The van der Waals surface area contributed by atoms with Crippen molar-refractivity contribution in [2.45, 2.75) is 18.9 Å². The molecule has 1 aliphatic rings. The van der Waals surface area contributed by atoms with Crippen molar-refractivity contribution in [2.24, 2.45) is 0 Å². The van der Waals surface area contributed by atoms with Crippen LogP contribution >= 0.6 is 0 Å². The SMILES string of the molecule is O=C(Nc1cc2cc(-c3cncc(NC4CCNCC4)c3)ncc2cn1)c1ccc(F)cc1. The Morgan fingerprint density at radius 1 is 0.939 bits per heavy atom. The van der Waals surface area contributed by atoms with Crippen LogP contribution in [0.1, 0.15) is 23.2 Å². The van der Waals surface area contributed by atoms with E-state index in [2.05, 4.69) is 37.0 Å². The van der Waals surface area contributed by atoms with E-state index >= 15 is 0 Å². The third-order valence-corrected chi connectivity index (χ3v) is 5.70. The van der Waals surface area contributed by atoms with Crippen LogP contribution < -0.4 is 16.0 Å². The number of amides is 1. The Morgan fingerprint density at radius 2 is 1.73 bits per heavy atom. The highest BCUT2D eigenvalue weighted by molar-refractivity contribution is 6.04. The van der Waals surface area contributed by atoms with Crippen LogP contribution in [0.25, 0.3) is 22.0 Å². The van der Waals surface area contributed by atoms with Gasteiger partial charge in [0, 0.05) is 47.3 Å². The number of hydrogen-bond donors (Lipinski definition) is 3. The Kier molecular flexibility index (Phi) is 5.91. The van der Waals surface area contributed by atoms with Crippen molar-refractivity contribution in [2.75, 3.05) is 23.7 Å². The molecule has 3 aromatic heterocycles. The number of benzene rings is 1. The fourth-order valence-corrected chi connectivity index (χ4v) is 3.91. The number of anilines is 2. The molecule has 5 rings (SSSR count). The number of carbonyl (C=O) groups is 1. The summed E-state index contributed by atoms with van der Waals surface area (Å²) >= 11 is 0. The topological polar surface area (TPSA) is 91.8 Å². The average Bonchev–Trinajstić information content (AvgIpc) is 2.85. The van der Waals surface area contributed by atoms with Crippen LogP contribution in [0.15, 0.2) is 67.3 Å². The van der Waals surface area contributed by atoms with Crippen molar-refractivity contribution < 1.29 is 9.18 Å². The molecule has 1 amide bonds. The molecule has 166 valence electrons. The smallest absolute Gasteiger partial charge is 0.256 e. The second-order valence-electron chi connectivity index (χ2n) is 8.08. The van der Waals surface area contributed by atoms with Crippen molar-refractivity contribution in [3.05, 3.63) is 78.6 Å². The average molecular weight is 442 g/mol. The number of halogens is 1. The summed E-state index contributed by atoms with van der Waals surface area (Å²) in [4.78, 5) is 25.7. The van der Waals surface area contributed by atoms with E-state index < -0.39 is 0 Å². The Morgan fingerprint density at radius 3 is 2.55 bits per heavy atom. The van der Waals surface area contributed by atoms with Gasteiger partial charge in [-0.3, -0.25) is 14.8 Å². The first-order chi connectivity index (χ1) is 16.1. The molecule has 3 N–H and O–H groups in total. The lowest BCUT2D eigenvalue weighted by molar-refractivity contribution is 0.102. The van der Waals surface area contributed by atoms with Crippen LogP contribution in [0, 0.1) is 5.82 Å². The molecule has 1 aliphatic heterocycles. The van der Waals surface area contributed by atoms with E-state index in [1.165, 1.54) is 24.3 Å². The minimum Gasteiger partial charge on any atom is -0.381 e. The molecule has 7 nitrogen and oxygen atoms in total. The van der Waals surface area contributed by atoms with Gasteiger partial charge in [-0.1, -0.05) is 0 Å². The molecule has 1 saturated heterocycles. The van der Waals surface area contributed by atoms with Crippen molar-refractivity contribution in [1.82, 2.24) is 20.3 Å². The molecule has 4 heterocycles. The minimum absolute atomic E-state index is 0.350. The van der Waals surface area contributed by atoms with Crippen molar-refractivity contribution in [1.29, 1.82) is 0 Å². The monoisotopic (exact) mass is 442 g/mol. The number of fused-ring (bicyclic) bond motifs is 1. The molecule has 0 spiro atoms. The summed E-state index contributed by atoms with van der Waals surface area (Å²) in [5.41, 5.74) is 3.02. The number of carbonyl (C=O) groups excluding carboxylic acids is 1. The summed E-state index contributed by atoms with van der Waals surface area (Å²) in [6.07, 6.45) is 9.21. The standard InChI is InChI=1S/C25H23FN6O/c26-20-3-1-16(2-4-20)25(33)32-24-11-17-10-23(29-13-19(17)14-30-24)18-9-22(15-28-12-18)31-21-5-7-27-8-6-21/h1-4,9-15,21,27,31H,5-8H2,(H,30,32,33). The Bertz CT molecular complexity index is 1290. The first kappa shape index (κ1) is 21.0. The van der Waals surface area contributed by atoms with Gasteiger partial charge in [0.15, 0.2) is 0 Å². The molecule has 4 aromatic rings. The maximum Gasteiger partial charge on any atom is 0.256 e. The van der Waals surface area contributed by atoms with Gasteiger partial charge in [0.2, 0.25) is 0 Å². The fraction of sp³-hybridized carbons (Fsp3) is 0.200. The van der Waals surface area contributed by atoms with Crippen LogP contribution in [0.2, 0.25) is 0 Å². The first-order valence-electron chi connectivity index (χ1n) is 10.9. The van der Waals surface area contributed by atoms with Crippen LogP contribution in [0.4, 0.5) is 15.9 Å². The van der Waals surface area contributed by atoms with Crippen molar-refractivity contribution in [3.63, 3.8) is 0 Å². The van der Waals surface area contributed by atoms with Gasteiger partial charge in [0.05, 0.1) is 11.4 Å². The summed E-state index contributed by atoms with van der Waals surface area (Å²) in [7, 11) is 0. The molecule has 0 aliphatic carbocycles. The number of nitrogens with one attached hydrogen (secondary N) is 3. The highest BCUT2D eigenvalue weighted by Gasteiger charge is 2.13. The summed E-state index contributed by atoms with van der Waals surface area (Å²) < 4.78 is 13.1. The number of pyridine rings is 3. The van der Waals surface area contributed by atoms with E-state index in [9.17, 15) is 9.18 Å². The van der Waals surface area contributed by atoms with Gasteiger partial charge in [-0.2, -0.15) is 0 Å². The second-order valence-corrected chi connectivity index (χ2v) is 8.08. The summed E-state index contributed by atoms with van der Waals surface area (Å²) in [6.45, 7) is 2.04. The van der Waals surface area contributed by atoms with Gasteiger partial charge in [0.1, 0.15) is 11.6 Å². The number of rotatable bonds is 5. The van der Waals surface area contributed by atoms with Gasteiger partial charge < -0.3 is 16.0 Å². The van der Waals surface area contributed by atoms with E-state index in [1.807, 2.05) is 12.3 Å². The quantitative estimate of drug-likeness (QED) is 0.428. The van der Waals surface area contributed by atoms with Gasteiger partial charge in [-0.25, -0.2) is 9.37 Å². The van der Waals surface area contributed by atoms with E-state index in [4.69, 9.17) is 0 Å². The van der Waals surface area contributed by atoms with Gasteiger partial charge >= 0.3 is 0 Å². The maximum atomic E-state index is 13.1. The lowest BCUT2D eigenvalue weighted by atomic mass is 10.1. The first-order valence-corrected chi connectivity index (χ1v) is 10.9. The predicted octanol–water partition coefficient (Wildman–Crippen LogP) is 4.25. The molecule has 1 aromatic carbocycles. The normalized spacial score (nSPS) is 14.2. The molecule has 0 unspecified atom stereocenters. The Balaban J connectivity index is 1.37. The lowest BCUT2D eigenvalue weighted by Crippen LogP contribution is -2.35. The number of aromatic nitrogens is 3. The molecule has 0 saturated carbocycles. The molecular weight excluding hydrogens is 419 g/mol. The molecule has 8 heteroatoms. The zero-order chi connectivity index (χ0) is 22.6. The predicted molar refractivity (Wildman–Crippen MR) is 127 cm³/mol. The third-order valence-electron chi connectivity index (χ3n) is 5.70. The Labute approximate surface area is 190 Å². The maximum absolute atomic E-state index is 13.1. The van der Waals surface area contributed by atoms with E-state index in [0.29, 0.717) is 17.4 Å². The third kappa shape index (κ3) is 4.96. The van der Waals surface area contributed by atoms with Crippen LogP contribution in [-0.2, 0) is 0 Å². The number of hydrogen-bond acceptors (Lipinski definition) is 6. The highest BCUT2D eigenvalue weighted by atomic mass is 19.1. The molecule has 0 atom stereocenters. The number of piperidine rings is 1. The lowest BCUT2D eigenvalue weighted by Gasteiger charge is -2.24. The largest absolute Gasteiger partial charge is 0.381 e. The van der Waals surface area contributed by atoms with Crippen LogP contribution in [0.5, 0.6) is 0 Å². The fourth-order valence-electron chi connectivity index (χ4n) is 3.91. The van der Waals surface area contributed by atoms with Crippen LogP contribution in [0.3, 0.4) is 0 Å². The molecule has 1 fully saturated rings. The minimum atomic E-state index is -0.389. The molecular formula is C25H23FN6O. The van der Waals surface area contributed by atoms with E-state index in [0.717, 1.165) is 53.6 Å². The number of nitrogens with zero attached hydrogens (tertiary/aromatic N) is 3. The van der Waals surface area contributed by atoms with Gasteiger partial charge in [-0.05, 0) is 73.8 Å². The molecule has 33 heavy (non-hydrogen) atoms. The van der Waals surface area contributed by atoms with Gasteiger partial charge in [-0.15, -0.1) is 0 Å². The molecule has 0 bridgehead atoms.